The van der Waals surface area contributed by atoms with Gasteiger partial charge in [0.1, 0.15) is 11.6 Å². The van der Waals surface area contributed by atoms with E-state index in [0.29, 0.717) is 18.8 Å². The first-order valence-electron chi connectivity index (χ1n) is 9.04. The maximum atomic E-state index is 12.5. The Balaban J connectivity index is 1.57. The molecule has 0 radical (unpaired) electrons. The summed E-state index contributed by atoms with van der Waals surface area (Å²) in [4.78, 5) is 29.1. The zero-order valence-electron chi connectivity index (χ0n) is 15.6. The number of nitrogens with zero attached hydrogens (tertiary/aromatic N) is 3. The normalized spacial score (nSPS) is 16.5. The molecule has 1 aliphatic rings. The Labute approximate surface area is 161 Å². The van der Waals surface area contributed by atoms with E-state index in [1.54, 1.807) is 6.20 Å². The van der Waals surface area contributed by atoms with Crippen LogP contribution in [0.25, 0.3) is 21.9 Å². The quantitative estimate of drug-likeness (QED) is 0.720. The van der Waals surface area contributed by atoms with Crippen LogP contribution in [0, 0.1) is 19.8 Å². The first-order chi connectivity index (χ1) is 13.4. The van der Waals surface area contributed by atoms with E-state index in [9.17, 15) is 9.59 Å². The highest BCUT2D eigenvalue weighted by Crippen LogP contribution is 2.30. The van der Waals surface area contributed by atoms with Gasteiger partial charge in [-0.15, -0.1) is 0 Å². The van der Waals surface area contributed by atoms with Gasteiger partial charge in [0.25, 0.3) is 0 Å². The van der Waals surface area contributed by atoms with Crippen LogP contribution in [0.3, 0.4) is 0 Å². The Bertz CT molecular complexity index is 1060. The van der Waals surface area contributed by atoms with Crippen molar-refractivity contribution >= 4 is 28.6 Å². The number of aromatic nitrogens is 2. The van der Waals surface area contributed by atoms with E-state index in [0.717, 1.165) is 33.4 Å². The molecule has 2 aromatic heterocycles. The van der Waals surface area contributed by atoms with Crippen LogP contribution >= 0.6 is 0 Å². The van der Waals surface area contributed by atoms with Crippen LogP contribution < -0.4 is 5.32 Å². The van der Waals surface area contributed by atoms with Gasteiger partial charge >= 0.3 is 6.09 Å². The number of pyridine rings is 1. The molecule has 28 heavy (non-hydrogen) atoms. The molecule has 144 valence electrons. The third-order valence-corrected chi connectivity index (χ3v) is 5.12. The predicted molar refractivity (Wildman–Crippen MR) is 103 cm³/mol. The Morgan fingerprint density at radius 3 is 2.75 bits per heavy atom. The van der Waals surface area contributed by atoms with Crippen molar-refractivity contribution in [2.24, 2.45) is 5.92 Å². The molecule has 0 spiro atoms. The molecular weight excluding hydrogens is 360 g/mol. The van der Waals surface area contributed by atoms with E-state index in [1.807, 2.05) is 38.1 Å². The van der Waals surface area contributed by atoms with Crippen molar-refractivity contribution in [3.63, 3.8) is 0 Å². The number of carbonyl (C=O) groups excluding carboxylic acids is 1. The second-order valence-electron chi connectivity index (χ2n) is 7.03. The van der Waals surface area contributed by atoms with Crippen molar-refractivity contribution in [1.82, 2.24) is 15.0 Å². The van der Waals surface area contributed by atoms with Crippen LogP contribution in [0.5, 0.6) is 0 Å². The number of hydrogen-bond donors (Lipinski definition) is 2. The summed E-state index contributed by atoms with van der Waals surface area (Å²) in [5.74, 6) is 0.630. The van der Waals surface area contributed by atoms with Crippen LogP contribution in [0.1, 0.15) is 17.9 Å². The number of hydrogen-bond acceptors (Lipinski definition) is 5. The third kappa shape index (κ3) is 3.28. The highest BCUT2D eigenvalue weighted by molar-refractivity contribution is 5.95. The van der Waals surface area contributed by atoms with Crippen LogP contribution in [0.15, 0.2) is 35.0 Å². The average Bonchev–Trinajstić information content (AvgIpc) is 3.28. The number of rotatable bonds is 3. The SMILES string of the molecule is Cc1noc(C)c1-c1ccc2cnc(NC(=O)C3CCN(C(=O)O)C3)cc2c1. The van der Waals surface area contributed by atoms with Gasteiger partial charge in [-0.1, -0.05) is 17.3 Å². The van der Waals surface area contributed by atoms with Crippen molar-refractivity contribution in [3.8, 4) is 11.1 Å². The molecule has 3 heterocycles. The average molecular weight is 380 g/mol. The number of aryl methyl sites for hydroxylation is 2. The fourth-order valence-electron chi connectivity index (χ4n) is 3.64. The molecule has 1 atom stereocenters. The topological polar surface area (TPSA) is 109 Å². The molecule has 1 aliphatic heterocycles. The molecule has 2 N–H and O–H groups in total. The molecule has 1 unspecified atom stereocenters. The van der Waals surface area contributed by atoms with Crippen molar-refractivity contribution in [1.29, 1.82) is 0 Å². The van der Waals surface area contributed by atoms with Gasteiger partial charge in [-0.2, -0.15) is 0 Å². The van der Waals surface area contributed by atoms with E-state index >= 15 is 0 Å². The Hall–Kier alpha value is -3.42. The van der Waals surface area contributed by atoms with Crippen molar-refractivity contribution in [3.05, 3.63) is 41.9 Å². The summed E-state index contributed by atoms with van der Waals surface area (Å²) in [7, 11) is 0. The predicted octanol–water partition coefficient (Wildman–Crippen LogP) is 3.45. The van der Waals surface area contributed by atoms with Gasteiger partial charge < -0.3 is 19.8 Å². The lowest BCUT2D eigenvalue weighted by Crippen LogP contribution is -2.30. The molecule has 0 aliphatic carbocycles. The molecule has 0 saturated carbocycles. The highest BCUT2D eigenvalue weighted by atomic mass is 16.5. The first-order valence-corrected chi connectivity index (χ1v) is 9.04. The van der Waals surface area contributed by atoms with Gasteiger partial charge in [0.2, 0.25) is 5.91 Å². The number of likely N-dealkylation sites (tertiary alicyclic amines) is 1. The second-order valence-corrected chi connectivity index (χ2v) is 7.03. The van der Waals surface area contributed by atoms with E-state index < -0.39 is 6.09 Å². The maximum Gasteiger partial charge on any atom is 0.407 e. The molecule has 1 saturated heterocycles. The van der Waals surface area contributed by atoms with Gasteiger partial charge in [-0.05, 0) is 43.4 Å². The standard InChI is InChI=1S/C20H20N4O4/c1-11-18(12(2)28-23-11)13-3-4-14-9-21-17(8-16(14)7-13)22-19(25)15-5-6-24(10-15)20(26)27/h3-4,7-9,15H,5-6,10H2,1-2H3,(H,26,27)(H,21,22,25). The smallest absolute Gasteiger partial charge is 0.407 e. The number of carboxylic acid groups (broad SMARTS) is 1. The molecule has 8 nitrogen and oxygen atoms in total. The molecule has 1 aromatic carbocycles. The first kappa shape index (κ1) is 18.0. The van der Waals surface area contributed by atoms with Crippen LogP contribution in [0.4, 0.5) is 10.6 Å². The number of amides is 2. The minimum absolute atomic E-state index is 0.211. The van der Waals surface area contributed by atoms with Gasteiger partial charge in [0.05, 0.1) is 11.6 Å². The molecule has 0 bridgehead atoms. The minimum atomic E-state index is -0.994. The second kappa shape index (κ2) is 6.95. The summed E-state index contributed by atoms with van der Waals surface area (Å²) in [6.07, 6.45) is 1.23. The van der Waals surface area contributed by atoms with Crippen LogP contribution in [-0.4, -0.2) is 45.2 Å². The van der Waals surface area contributed by atoms with Gasteiger partial charge in [-0.3, -0.25) is 4.79 Å². The zero-order valence-corrected chi connectivity index (χ0v) is 15.6. The molecule has 8 heteroatoms. The van der Waals surface area contributed by atoms with Crippen LogP contribution in [0.2, 0.25) is 0 Å². The number of fused-ring (bicyclic) bond motifs is 1. The summed E-state index contributed by atoms with van der Waals surface area (Å²) in [6.45, 7) is 4.36. The van der Waals surface area contributed by atoms with Crippen LogP contribution in [-0.2, 0) is 4.79 Å². The zero-order chi connectivity index (χ0) is 19.8. The number of nitrogens with one attached hydrogen (secondary N) is 1. The van der Waals surface area contributed by atoms with E-state index in [4.69, 9.17) is 9.63 Å². The van der Waals surface area contributed by atoms with Crippen molar-refractivity contribution < 1.29 is 19.2 Å². The lowest BCUT2D eigenvalue weighted by molar-refractivity contribution is -0.119. The molecule has 2 amide bonds. The molecular formula is C20H20N4O4. The molecule has 1 fully saturated rings. The summed E-state index contributed by atoms with van der Waals surface area (Å²) < 4.78 is 5.26. The number of carbonyl (C=O) groups is 2. The highest BCUT2D eigenvalue weighted by Gasteiger charge is 2.31. The fourth-order valence-corrected chi connectivity index (χ4v) is 3.64. The van der Waals surface area contributed by atoms with Gasteiger partial charge in [-0.25, -0.2) is 9.78 Å². The Morgan fingerprint density at radius 2 is 2.07 bits per heavy atom. The largest absolute Gasteiger partial charge is 0.465 e. The van der Waals surface area contributed by atoms with E-state index in [-0.39, 0.29) is 18.4 Å². The third-order valence-electron chi connectivity index (χ3n) is 5.12. The molecule has 3 aromatic rings. The van der Waals surface area contributed by atoms with Gasteiger partial charge in [0.15, 0.2) is 0 Å². The fraction of sp³-hybridized carbons (Fsp3) is 0.300. The van der Waals surface area contributed by atoms with E-state index in [1.165, 1.54) is 4.90 Å². The molecule has 4 rings (SSSR count). The Morgan fingerprint density at radius 1 is 1.25 bits per heavy atom. The lowest BCUT2D eigenvalue weighted by atomic mass is 10.0. The number of benzene rings is 1. The number of anilines is 1. The van der Waals surface area contributed by atoms with Gasteiger partial charge in [0, 0.05) is 30.2 Å². The summed E-state index contributed by atoms with van der Waals surface area (Å²) in [5.41, 5.74) is 2.77. The van der Waals surface area contributed by atoms with E-state index in [2.05, 4.69) is 15.5 Å². The summed E-state index contributed by atoms with van der Waals surface area (Å²) in [5, 5.41) is 17.7. The minimum Gasteiger partial charge on any atom is -0.465 e. The summed E-state index contributed by atoms with van der Waals surface area (Å²) >= 11 is 0. The van der Waals surface area contributed by atoms with Crippen molar-refractivity contribution in [2.75, 3.05) is 18.4 Å². The summed E-state index contributed by atoms with van der Waals surface area (Å²) in [6, 6.07) is 7.80. The lowest BCUT2D eigenvalue weighted by Gasteiger charge is -2.12. The monoisotopic (exact) mass is 380 g/mol. The van der Waals surface area contributed by atoms with Crippen molar-refractivity contribution in [2.45, 2.75) is 20.3 Å². The maximum absolute atomic E-state index is 12.5. The Kier molecular flexibility index (Phi) is 4.46.